The van der Waals surface area contributed by atoms with Crippen molar-refractivity contribution in [3.8, 4) is 5.88 Å². The van der Waals surface area contributed by atoms with E-state index in [0.717, 1.165) is 25.7 Å². The predicted molar refractivity (Wildman–Crippen MR) is 154 cm³/mol. The van der Waals surface area contributed by atoms with Crippen LogP contribution in [0.4, 0.5) is 17.1 Å². The van der Waals surface area contributed by atoms with Gasteiger partial charge in [0.15, 0.2) is 11.6 Å². The zero-order chi connectivity index (χ0) is 29.4. The summed E-state index contributed by atoms with van der Waals surface area (Å²) in [5, 5.41) is 19.1. The van der Waals surface area contributed by atoms with Crippen molar-refractivity contribution < 1.29 is 23.1 Å². The molecule has 3 aromatic rings. The third-order valence-corrected chi connectivity index (χ3v) is 8.31. The summed E-state index contributed by atoms with van der Waals surface area (Å²) in [5.74, 6) is -0.324. The number of rotatable bonds is 12. The third-order valence-electron chi connectivity index (χ3n) is 6.91. The molecular formula is C29H36N4O6S. The molecule has 214 valence electrons. The maximum Gasteiger partial charge on any atom is 0.337 e. The number of nitrogens with zero attached hydrogens (tertiary/aromatic N) is 3. The molecule has 3 rings (SSSR count). The minimum atomic E-state index is -3.91. The third kappa shape index (κ3) is 7.15. The number of anilines is 1. The summed E-state index contributed by atoms with van der Waals surface area (Å²) < 4.78 is 34.1. The standard InChI is InChI=1S/C29H36N4O6S/c1-6-8-9-21(7-2)18-33-27(34)20(4)19(3)26(28(33)35)31-30-23-14-16-25(17-15-23)40(37,38)32-24-12-10-22(11-13-24)29(36)39-5/h10-17,21,32,34H,6-9,18H2,1-5H3. The fourth-order valence-corrected chi connectivity index (χ4v) is 5.26. The molecule has 2 aromatic carbocycles. The Morgan fingerprint density at radius 1 is 1.02 bits per heavy atom. The van der Waals surface area contributed by atoms with E-state index in [1.807, 2.05) is 0 Å². The Kier molecular flexibility index (Phi) is 10.2. The highest BCUT2D eigenvalue weighted by atomic mass is 32.2. The largest absolute Gasteiger partial charge is 0.494 e. The number of nitrogens with one attached hydrogen (secondary N) is 1. The molecule has 2 N–H and O–H groups in total. The number of hydrogen-bond donors (Lipinski definition) is 2. The van der Waals surface area contributed by atoms with Crippen LogP contribution in [0.3, 0.4) is 0 Å². The van der Waals surface area contributed by atoms with Gasteiger partial charge in [-0.25, -0.2) is 13.2 Å². The topological polar surface area (TPSA) is 139 Å². The lowest BCUT2D eigenvalue weighted by Gasteiger charge is -2.19. The monoisotopic (exact) mass is 568 g/mol. The van der Waals surface area contributed by atoms with Gasteiger partial charge in [0.05, 0.1) is 23.3 Å². The number of esters is 1. The van der Waals surface area contributed by atoms with Crippen molar-refractivity contribution in [1.29, 1.82) is 0 Å². The normalized spacial score (nSPS) is 12.4. The lowest BCUT2D eigenvalue weighted by atomic mass is 9.99. The van der Waals surface area contributed by atoms with Gasteiger partial charge in [-0.2, -0.15) is 5.11 Å². The molecule has 0 aliphatic heterocycles. The average molecular weight is 569 g/mol. The molecular weight excluding hydrogens is 532 g/mol. The molecule has 0 saturated heterocycles. The molecule has 10 nitrogen and oxygen atoms in total. The number of aromatic nitrogens is 1. The predicted octanol–water partition coefficient (Wildman–Crippen LogP) is 6.39. The van der Waals surface area contributed by atoms with Crippen LogP contribution in [-0.4, -0.2) is 31.2 Å². The van der Waals surface area contributed by atoms with Crippen molar-refractivity contribution in [3.05, 3.63) is 75.6 Å². The highest BCUT2D eigenvalue weighted by Crippen LogP contribution is 2.29. The van der Waals surface area contributed by atoms with E-state index in [2.05, 4.69) is 33.5 Å². The van der Waals surface area contributed by atoms with Crippen molar-refractivity contribution in [2.24, 2.45) is 16.1 Å². The molecule has 1 unspecified atom stereocenters. The average Bonchev–Trinajstić information content (AvgIpc) is 2.95. The Hall–Kier alpha value is -3.99. The van der Waals surface area contributed by atoms with Crippen molar-refractivity contribution in [1.82, 2.24) is 4.57 Å². The number of pyridine rings is 1. The van der Waals surface area contributed by atoms with Gasteiger partial charge in [0.1, 0.15) is 0 Å². The van der Waals surface area contributed by atoms with Crippen molar-refractivity contribution >= 4 is 33.1 Å². The molecule has 0 saturated carbocycles. The Morgan fingerprint density at radius 2 is 1.68 bits per heavy atom. The quantitative estimate of drug-likeness (QED) is 0.192. The van der Waals surface area contributed by atoms with E-state index in [-0.39, 0.29) is 28.1 Å². The molecule has 1 heterocycles. The summed E-state index contributed by atoms with van der Waals surface area (Å²) in [6, 6.07) is 11.6. The van der Waals surface area contributed by atoms with Crippen LogP contribution in [0.25, 0.3) is 0 Å². The van der Waals surface area contributed by atoms with Gasteiger partial charge in [-0.1, -0.05) is 33.1 Å². The fraction of sp³-hybridized carbons (Fsp3) is 0.379. The van der Waals surface area contributed by atoms with Crippen LogP contribution < -0.4 is 10.3 Å². The molecule has 0 spiro atoms. The Bertz CT molecular complexity index is 1530. The van der Waals surface area contributed by atoms with Gasteiger partial charge >= 0.3 is 5.97 Å². The number of carbonyl (C=O) groups is 1. The second-order valence-corrected chi connectivity index (χ2v) is 11.3. The summed E-state index contributed by atoms with van der Waals surface area (Å²) in [6.07, 6.45) is 3.96. The smallest absolute Gasteiger partial charge is 0.337 e. The van der Waals surface area contributed by atoms with Crippen LogP contribution >= 0.6 is 0 Å². The number of aromatic hydroxyl groups is 1. The van der Waals surface area contributed by atoms with Gasteiger partial charge in [0.25, 0.3) is 15.6 Å². The molecule has 0 aliphatic rings. The van der Waals surface area contributed by atoms with Crippen LogP contribution in [0.2, 0.25) is 0 Å². The van der Waals surface area contributed by atoms with Gasteiger partial charge in [-0.05, 0) is 80.3 Å². The Balaban J connectivity index is 1.82. The van der Waals surface area contributed by atoms with E-state index in [1.54, 1.807) is 13.8 Å². The first-order valence-electron chi connectivity index (χ1n) is 13.2. The fourth-order valence-electron chi connectivity index (χ4n) is 4.20. The first kappa shape index (κ1) is 30.6. The van der Waals surface area contributed by atoms with Crippen LogP contribution in [-0.2, 0) is 21.3 Å². The zero-order valence-corrected chi connectivity index (χ0v) is 24.3. The number of benzene rings is 2. The van der Waals surface area contributed by atoms with Crippen molar-refractivity contribution in [2.75, 3.05) is 11.8 Å². The maximum absolute atomic E-state index is 13.3. The van der Waals surface area contributed by atoms with Gasteiger partial charge in [-0.15, -0.1) is 5.11 Å². The summed E-state index contributed by atoms with van der Waals surface area (Å²) >= 11 is 0. The second kappa shape index (κ2) is 13.4. The van der Waals surface area contributed by atoms with E-state index in [9.17, 15) is 23.1 Å². The lowest BCUT2D eigenvalue weighted by Crippen LogP contribution is -2.25. The van der Waals surface area contributed by atoms with E-state index in [1.165, 1.54) is 60.2 Å². The first-order chi connectivity index (χ1) is 19.0. The van der Waals surface area contributed by atoms with E-state index in [4.69, 9.17) is 0 Å². The second-order valence-electron chi connectivity index (χ2n) is 9.62. The molecule has 40 heavy (non-hydrogen) atoms. The van der Waals surface area contributed by atoms with Crippen molar-refractivity contribution in [2.45, 2.75) is 64.8 Å². The highest BCUT2D eigenvalue weighted by molar-refractivity contribution is 7.92. The molecule has 0 fully saturated rings. The molecule has 11 heteroatoms. The van der Waals surface area contributed by atoms with Gasteiger partial charge in [0, 0.05) is 17.8 Å². The number of hydrogen-bond acceptors (Lipinski definition) is 8. The Labute approximate surface area is 234 Å². The minimum Gasteiger partial charge on any atom is -0.494 e. The van der Waals surface area contributed by atoms with E-state index in [0.29, 0.717) is 28.9 Å². The number of sulfonamides is 1. The Morgan fingerprint density at radius 3 is 2.25 bits per heavy atom. The summed E-state index contributed by atoms with van der Waals surface area (Å²) in [7, 11) is -2.64. The van der Waals surface area contributed by atoms with Crippen LogP contribution in [0.15, 0.2) is 68.4 Å². The molecule has 1 atom stereocenters. The van der Waals surface area contributed by atoms with E-state index < -0.39 is 21.6 Å². The molecule has 0 radical (unpaired) electrons. The molecule has 0 aliphatic carbocycles. The summed E-state index contributed by atoms with van der Waals surface area (Å²) in [6.45, 7) is 8.04. The summed E-state index contributed by atoms with van der Waals surface area (Å²) in [4.78, 5) is 24.9. The number of carbonyl (C=O) groups excluding carboxylic acids is 1. The van der Waals surface area contributed by atoms with Crippen LogP contribution in [0.5, 0.6) is 5.88 Å². The van der Waals surface area contributed by atoms with Crippen LogP contribution in [0, 0.1) is 19.8 Å². The zero-order valence-electron chi connectivity index (χ0n) is 23.5. The lowest BCUT2D eigenvalue weighted by molar-refractivity contribution is 0.0600. The maximum atomic E-state index is 13.3. The van der Waals surface area contributed by atoms with E-state index >= 15 is 0 Å². The molecule has 0 amide bonds. The minimum absolute atomic E-state index is 0.000181. The number of azo groups is 1. The first-order valence-corrected chi connectivity index (χ1v) is 14.7. The summed E-state index contributed by atoms with van der Waals surface area (Å²) in [5.41, 5.74) is 1.75. The number of unbranched alkanes of at least 4 members (excludes halogenated alkanes) is 1. The molecule has 0 bridgehead atoms. The van der Waals surface area contributed by atoms with Crippen molar-refractivity contribution in [3.63, 3.8) is 0 Å². The van der Waals surface area contributed by atoms with Gasteiger partial charge in [0.2, 0.25) is 0 Å². The van der Waals surface area contributed by atoms with Gasteiger partial charge < -0.3 is 9.84 Å². The van der Waals surface area contributed by atoms with Gasteiger partial charge in [-0.3, -0.25) is 14.1 Å². The highest BCUT2D eigenvalue weighted by Gasteiger charge is 2.19. The SMILES string of the molecule is CCCCC(CC)Cn1c(O)c(C)c(C)c(N=Nc2ccc(S(=O)(=O)Nc3ccc(C(=O)OC)cc3)cc2)c1=O. The molecule has 1 aromatic heterocycles. The number of methoxy groups -OCH3 is 1. The van der Waals surface area contributed by atoms with Crippen LogP contribution in [0.1, 0.15) is 61.0 Å². The number of ether oxygens (including phenoxy) is 1.